The number of nitrogens with one attached hydrogen (secondary N) is 3. The second kappa shape index (κ2) is 11.3. The summed E-state index contributed by atoms with van der Waals surface area (Å²) >= 11 is 13.2. The number of H-pyrrole nitrogens is 1. The third-order valence-corrected chi connectivity index (χ3v) is 8.60. The van der Waals surface area contributed by atoms with Crippen molar-refractivity contribution in [1.29, 1.82) is 0 Å². The summed E-state index contributed by atoms with van der Waals surface area (Å²) in [5.41, 5.74) is 2.08. The number of benzene rings is 1. The Balaban J connectivity index is 1.42. The number of aromatic amines is 1. The SMILES string of the molecule is C=CC(=O)N1CC(NC(=O)c2c(Cl)nc(CNc3n[nH]c4cc(Cl)c(C(C)(C)C)cc34)n2[C@@H]2CCN(C(C)C)C2)C1. The molecule has 0 saturated carbocycles. The van der Waals surface area contributed by atoms with Crippen molar-refractivity contribution in [3.8, 4) is 0 Å². The van der Waals surface area contributed by atoms with Crippen LogP contribution in [0.3, 0.4) is 0 Å². The van der Waals surface area contributed by atoms with Gasteiger partial charge in [-0.2, -0.15) is 5.10 Å². The maximum atomic E-state index is 13.5. The van der Waals surface area contributed by atoms with Crippen LogP contribution >= 0.6 is 23.2 Å². The molecule has 0 unspecified atom stereocenters. The zero-order valence-electron chi connectivity index (χ0n) is 24.2. The molecule has 5 rings (SSSR count). The molecule has 4 heterocycles. The van der Waals surface area contributed by atoms with Crippen molar-refractivity contribution in [2.75, 3.05) is 31.5 Å². The van der Waals surface area contributed by atoms with Crippen molar-refractivity contribution < 1.29 is 9.59 Å². The van der Waals surface area contributed by atoms with E-state index in [1.54, 1.807) is 4.90 Å². The van der Waals surface area contributed by atoms with Crippen LogP contribution in [0.1, 0.15) is 69.0 Å². The number of carbonyl (C=O) groups is 2. The molecule has 3 aromatic rings. The van der Waals surface area contributed by atoms with Crippen molar-refractivity contribution in [2.24, 2.45) is 0 Å². The first-order valence-corrected chi connectivity index (χ1v) is 14.8. The Morgan fingerprint density at radius 1 is 1.22 bits per heavy atom. The van der Waals surface area contributed by atoms with E-state index in [4.69, 9.17) is 23.2 Å². The molecule has 2 fully saturated rings. The highest BCUT2D eigenvalue weighted by Crippen LogP contribution is 2.35. The van der Waals surface area contributed by atoms with E-state index in [1.807, 2.05) is 10.6 Å². The number of anilines is 1. The van der Waals surface area contributed by atoms with Crippen LogP contribution in [0.5, 0.6) is 0 Å². The number of fused-ring (bicyclic) bond motifs is 1. The highest BCUT2D eigenvalue weighted by molar-refractivity contribution is 6.32. The Labute approximate surface area is 250 Å². The van der Waals surface area contributed by atoms with E-state index >= 15 is 0 Å². The molecule has 1 aromatic carbocycles. The molecule has 220 valence electrons. The number of aromatic nitrogens is 4. The number of hydrogen-bond acceptors (Lipinski definition) is 6. The minimum Gasteiger partial charge on any atom is -0.361 e. The molecule has 0 bridgehead atoms. The number of halogens is 2. The smallest absolute Gasteiger partial charge is 0.271 e. The zero-order chi connectivity index (χ0) is 29.6. The fraction of sp³-hybridized carbons (Fsp3) is 0.517. The van der Waals surface area contributed by atoms with Crippen LogP contribution in [0.2, 0.25) is 10.2 Å². The molecule has 1 atom stereocenters. The zero-order valence-corrected chi connectivity index (χ0v) is 25.7. The fourth-order valence-electron chi connectivity index (χ4n) is 5.66. The van der Waals surface area contributed by atoms with Crippen LogP contribution in [0.25, 0.3) is 10.9 Å². The molecule has 41 heavy (non-hydrogen) atoms. The highest BCUT2D eigenvalue weighted by atomic mass is 35.5. The lowest BCUT2D eigenvalue weighted by molar-refractivity contribution is -0.130. The Kier molecular flexibility index (Phi) is 8.11. The molecule has 0 aliphatic carbocycles. The summed E-state index contributed by atoms with van der Waals surface area (Å²) in [6.07, 6.45) is 2.16. The highest BCUT2D eigenvalue weighted by Gasteiger charge is 2.35. The monoisotopic (exact) mass is 600 g/mol. The van der Waals surface area contributed by atoms with Gasteiger partial charge in [-0.3, -0.25) is 19.6 Å². The van der Waals surface area contributed by atoms with Crippen molar-refractivity contribution >= 4 is 51.7 Å². The molecule has 2 amide bonds. The lowest BCUT2D eigenvalue weighted by atomic mass is 9.86. The number of hydrogen-bond donors (Lipinski definition) is 3. The van der Waals surface area contributed by atoms with Crippen LogP contribution in [-0.4, -0.2) is 79.6 Å². The Hall–Kier alpha value is -3.08. The van der Waals surface area contributed by atoms with Gasteiger partial charge in [-0.05, 0) is 49.5 Å². The van der Waals surface area contributed by atoms with Crippen molar-refractivity contribution in [2.45, 2.75) is 71.1 Å². The van der Waals surface area contributed by atoms with Gasteiger partial charge in [0, 0.05) is 48.7 Å². The largest absolute Gasteiger partial charge is 0.361 e. The average molecular weight is 602 g/mol. The van der Waals surface area contributed by atoms with Gasteiger partial charge in [-0.15, -0.1) is 0 Å². The van der Waals surface area contributed by atoms with E-state index in [9.17, 15) is 9.59 Å². The lowest BCUT2D eigenvalue weighted by Crippen LogP contribution is -2.60. The minimum atomic E-state index is -0.290. The van der Waals surface area contributed by atoms with Gasteiger partial charge in [-0.25, -0.2) is 4.98 Å². The average Bonchev–Trinajstić information content (AvgIpc) is 3.59. The molecule has 2 aromatic heterocycles. The summed E-state index contributed by atoms with van der Waals surface area (Å²) in [6.45, 7) is 17.2. The Morgan fingerprint density at radius 3 is 2.59 bits per heavy atom. The number of imidazole rings is 1. The number of rotatable bonds is 8. The number of carbonyl (C=O) groups excluding carboxylic acids is 2. The molecule has 3 N–H and O–H groups in total. The summed E-state index contributed by atoms with van der Waals surface area (Å²) in [7, 11) is 0. The normalized spacial score (nSPS) is 18.2. The summed E-state index contributed by atoms with van der Waals surface area (Å²) in [5.74, 6) is 0.904. The third kappa shape index (κ3) is 5.82. The molecule has 0 spiro atoms. The van der Waals surface area contributed by atoms with Gasteiger partial charge in [0.05, 0.1) is 18.1 Å². The summed E-state index contributed by atoms with van der Waals surface area (Å²) in [6, 6.07) is 4.25. The van der Waals surface area contributed by atoms with E-state index < -0.39 is 0 Å². The van der Waals surface area contributed by atoms with Gasteiger partial charge < -0.3 is 20.1 Å². The molecule has 10 nitrogen and oxygen atoms in total. The fourth-order valence-corrected chi connectivity index (χ4v) is 6.38. The maximum absolute atomic E-state index is 13.5. The van der Waals surface area contributed by atoms with E-state index in [-0.39, 0.29) is 34.5 Å². The van der Waals surface area contributed by atoms with Gasteiger partial charge in [0.15, 0.2) is 11.0 Å². The first-order chi connectivity index (χ1) is 19.4. The predicted octanol–water partition coefficient (Wildman–Crippen LogP) is 4.76. The second-order valence-electron chi connectivity index (χ2n) is 12.2. The molecule has 2 aliphatic rings. The van der Waals surface area contributed by atoms with Crippen LogP contribution < -0.4 is 10.6 Å². The summed E-state index contributed by atoms with van der Waals surface area (Å²) in [4.78, 5) is 34.1. The van der Waals surface area contributed by atoms with Crippen molar-refractivity contribution in [3.63, 3.8) is 0 Å². The van der Waals surface area contributed by atoms with Crippen molar-refractivity contribution in [1.82, 2.24) is 34.9 Å². The van der Waals surface area contributed by atoms with E-state index in [0.29, 0.717) is 48.0 Å². The van der Waals surface area contributed by atoms with Gasteiger partial charge in [-0.1, -0.05) is 50.6 Å². The summed E-state index contributed by atoms with van der Waals surface area (Å²) in [5, 5.41) is 15.8. The second-order valence-corrected chi connectivity index (χ2v) is 13.0. The number of nitrogens with zero attached hydrogens (tertiary/aromatic N) is 5. The van der Waals surface area contributed by atoms with Crippen LogP contribution in [-0.2, 0) is 16.8 Å². The van der Waals surface area contributed by atoms with Gasteiger partial charge in [0.2, 0.25) is 5.91 Å². The van der Waals surface area contributed by atoms with E-state index in [2.05, 4.69) is 78.0 Å². The molecule has 2 aliphatic heterocycles. The van der Waals surface area contributed by atoms with Gasteiger partial charge in [0.25, 0.3) is 5.91 Å². The first-order valence-electron chi connectivity index (χ1n) is 14.0. The summed E-state index contributed by atoms with van der Waals surface area (Å²) < 4.78 is 1.99. The number of amides is 2. The predicted molar refractivity (Wildman–Crippen MR) is 163 cm³/mol. The minimum absolute atomic E-state index is 0.0393. The molecular weight excluding hydrogens is 563 g/mol. The Morgan fingerprint density at radius 2 is 1.95 bits per heavy atom. The standard InChI is InChI=1S/C29H38Cl2N8O2/c1-7-24(40)38-13-17(14-38)33-28(41)25-26(31)34-23(39(25)18-8-9-37(15-18)16(2)3)12-32-27-19-10-20(29(4,5)6)21(30)11-22(19)35-36-27/h7,10-11,16-18H,1,8-9,12-15H2,2-6H3,(H,33,41)(H2,32,35,36)/t18-/m1/s1. The van der Waals surface area contributed by atoms with Crippen molar-refractivity contribution in [3.05, 3.63) is 52.0 Å². The van der Waals surface area contributed by atoms with Gasteiger partial charge >= 0.3 is 0 Å². The topological polar surface area (TPSA) is 111 Å². The molecule has 2 saturated heterocycles. The van der Waals surface area contributed by atoms with E-state index in [1.165, 1.54) is 6.08 Å². The van der Waals surface area contributed by atoms with E-state index in [0.717, 1.165) is 36.0 Å². The quantitative estimate of drug-likeness (QED) is 0.321. The van der Waals surface area contributed by atoms with Crippen LogP contribution in [0, 0.1) is 0 Å². The van der Waals surface area contributed by atoms with Gasteiger partial charge in [0.1, 0.15) is 11.5 Å². The third-order valence-electron chi connectivity index (χ3n) is 8.02. The maximum Gasteiger partial charge on any atom is 0.271 e. The van der Waals surface area contributed by atoms with Crippen LogP contribution in [0.15, 0.2) is 24.8 Å². The molecule has 0 radical (unpaired) electrons. The van der Waals surface area contributed by atoms with Crippen LogP contribution in [0.4, 0.5) is 5.82 Å². The lowest BCUT2D eigenvalue weighted by Gasteiger charge is -2.39. The Bertz CT molecular complexity index is 1480. The molecular formula is C29H38Cl2N8O2. The molecule has 12 heteroatoms. The number of likely N-dealkylation sites (tertiary alicyclic amines) is 2. The first kappa shape index (κ1) is 29.4.